The number of carbonyl (C=O) groups is 3. The Labute approximate surface area is 183 Å². The van der Waals surface area contributed by atoms with E-state index in [1.165, 1.54) is 18.8 Å². The summed E-state index contributed by atoms with van der Waals surface area (Å²) in [5.74, 6) is -1.77. The molecule has 0 saturated carbocycles. The number of sulfone groups is 1. The molecule has 1 aromatic rings. The van der Waals surface area contributed by atoms with Crippen molar-refractivity contribution < 1.29 is 32.3 Å². The molecule has 170 valence electrons. The molecule has 3 rings (SSSR count). The first-order valence-electron chi connectivity index (χ1n) is 9.21. The zero-order valence-corrected chi connectivity index (χ0v) is 19.5. The van der Waals surface area contributed by atoms with Crippen LogP contribution in [0.1, 0.15) is 27.7 Å². The summed E-state index contributed by atoms with van der Waals surface area (Å²) in [5, 5.41) is 9.81. The first-order valence-corrected chi connectivity index (χ1v) is 11.7. The molecular formula is C17H23N5O7S2. The average molecular weight is 474 g/mol. The molecule has 12 nitrogen and oxygen atoms in total. The highest BCUT2D eigenvalue weighted by atomic mass is 32.3. The van der Waals surface area contributed by atoms with Crippen LogP contribution in [0.4, 0.5) is 0 Å². The SMILES string of the molecule is CO[C@H]1C(=O)N2C(C(=O)C(C)(C)C)=C(COC(C)=O)[C@@H](Sc3nnnn3C)S(=O)(=O)C12. The number of allylic oxidation sites excluding steroid dienone is 1. The van der Waals surface area contributed by atoms with Gasteiger partial charge in [-0.3, -0.25) is 19.3 Å². The molecule has 0 aliphatic carbocycles. The van der Waals surface area contributed by atoms with Crippen LogP contribution >= 0.6 is 11.8 Å². The number of esters is 1. The predicted octanol–water partition coefficient (Wildman–Crippen LogP) is -0.328. The van der Waals surface area contributed by atoms with E-state index in [9.17, 15) is 22.8 Å². The van der Waals surface area contributed by atoms with Gasteiger partial charge in [-0.05, 0) is 10.4 Å². The Morgan fingerprint density at radius 3 is 2.39 bits per heavy atom. The number of hydrogen-bond acceptors (Lipinski definition) is 11. The Kier molecular flexibility index (Phi) is 6.01. The summed E-state index contributed by atoms with van der Waals surface area (Å²) in [7, 11) is -1.36. The highest BCUT2D eigenvalue weighted by molar-refractivity contribution is 8.14. The monoisotopic (exact) mass is 473 g/mol. The largest absolute Gasteiger partial charge is 0.461 e. The van der Waals surface area contributed by atoms with E-state index in [0.29, 0.717) is 0 Å². The molecule has 1 aromatic heterocycles. The van der Waals surface area contributed by atoms with Crippen LogP contribution in [0.3, 0.4) is 0 Å². The summed E-state index contributed by atoms with van der Waals surface area (Å²) < 4.78 is 37.2. The standard InChI is InChI=1S/C17H23N5O7S2/c1-8(23)29-7-9-10(12(24)17(2,3)4)22-13(25)11(28-6)14(22)31(26,27)15(9)30-16-18-19-20-21(16)5/h11,14-15H,7H2,1-6H3/t11-,14?,15-/m0/s1. The molecule has 14 heteroatoms. The Morgan fingerprint density at radius 1 is 1.26 bits per heavy atom. The minimum Gasteiger partial charge on any atom is -0.461 e. The van der Waals surface area contributed by atoms with E-state index in [2.05, 4.69) is 15.5 Å². The molecule has 0 bridgehead atoms. The van der Waals surface area contributed by atoms with Crippen LogP contribution in [0.25, 0.3) is 0 Å². The van der Waals surface area contributed by atoms with Gasteiger partial charge in [0, 0.05) is 32.1 Å². The van der Waals surface area contributed by atoms with Crippen molar-refractivity contribution in [3.05, 3.63) is 11.3 Å². The molecule has 0 spiro atoms. The second-order valence-corrected chi connectivity index (χ2v) is 11.6. The number of ketones is 1. The summed E-state index contributed by atoms with van der Waals surface area (Å²) >= 11 is 0.794. The topological polar surface area (TPSA) is 151 Å². The fourth-order valence-corrected chi connectivity index (χ4v) is 7.11. The molecule has 2 aliphatic rings. The van der Waals surface area contributed by atoms with E-state index in [-0.39, 0.29) is 16.4 Å². The van der Waals surface area contributed by atoms with Crippen LogP contribution < -0.4 is 0 Å². The molecule has 2 aliphatic heterocycles. The van der Waals surface area contributed by atoms with E-state index >= 15 is 0 Å². The summed E-state index contributed by atoms with van der Waals surface area (Å²) in [6.45, 7) is 5.63. The van der Waals surface area contributed by atoms with Gasteiger partial charge in [0.2, 0.25) is 5.16 Å². The van der Waals surface area contributed by atoms with Gasteiger partial charge in [-0.15, -0.1) is 5.10 Å². The van der Waals surface area contributed by atoms with Crippen molar-refractivity contribution in [2.24, 2.45) is 12.5 Å². The summed E-state index contributed by atoms with van der Waals surface area (Å²) in [6.07, 6.45) is -1.25. The molecule has 1 fully saturated rings. The van der Waals surface area contributed by atoms with Crippen molar-refractivity contribution >= 4 is 39.3 Å². The van der Waals surface area contributed by atoms with Gasteiger partial charge in [-0.2, -0.15) is 0 Å². The molecular weight excluding hydrogens is 450 g/mol. The number of Topliss-reactive ketones (excluding diaryl/α,β-unsaturated/α-hetero) is 1. The van der Waals surface area contributed by atoms with E-state index in [1.54, 1.807) is 20.8 Å². The minimum atomic E-state index is -4.13. The number of β-lactam (4-membered cyclic amide) rings is 1. The number of carbonyl (C=O) groups excluding carboxylic acids is 3. The lowest BCUT2D eigenvalue weighted by atomic mass is 9.85. The maximum absolute atomic E-state index is 13.5. The van der Waals surface area contributed by atoms with Gasteiger partial charge in [-0.25, -0.2) is 13.1 Å². The van der Waals surface area contributed by atoms with Gasteiger partial charge in [0.15, 0.2) is 27.1 Å². The molecule has 0 radical (unpaired) electrons. The number of amides is 1. The lowest BCUT2D eigenvalue weighted by Crippen LogP contribution is -2.72. The fraction of sp³-hybridized carbons (Fsp3) is 0.647. The molecule has 1 amide bonds. The lowest BCUT2D eigenvalue weighted by molar-refractivity contribution is -0.161. The van der Waals surface area contributed by atoms with Gasteiger partial charge in [-0.1, -0.05) is 32.5 Å². The minimum absolute atomic E-state index is 0.0118. The van der Waals surface area contributed by atoms with E-state index in [0.717, 1.165) is 23.6 Å². The number of aryl methyl sites for hydroxylation is 1. The molecule has 0 aromatic carbocycles. The number of fused-ring (bicyclic) bond motifs is 1. The summed E-state index contributed by atoms with van der Waals surface area (Å²) in [4.78, 5) is 38.5. The van der Waals surface area contributed by atoms with Gasteiger partial charge in [0.05, 0.1) is 5.70 Å². The van der Waals surface area contributed by atoms with Gasteiger partial charge >= 0.3 is 5.97 Å². The van der Waals surface area contributed by atoms with E-state index in [4.69, 9.17) is 9.47 Å². The van der Waals surface area contributed by atoms with Crippen LogP contribution in [0, 0.1) is 5.41 Å². The first kappa shape index (κ1) is 23.3. The number of methoxy groups -OCH3 is 1. The zero-order valence-electron chi connectivity index (χ0n) is 17.8. The molecule has 3 atom stereocenters. The fourth-order valence-electron chi connectivity index (χ4n) is 3.28. The van der Waals surface area contributed by atoms with Crippen molar-refractivity contribution in [1.82, 2.24) is 25.1 Å². The van der Waals surface area contributed by atoms with Crippen molar-refractivity contribution in [1.29, 1.82) is 0 Å². The second-order valence-electron chi connectivity index (χ2n) is 8.11. The number of ether oxygens (including phenoxy) is 2. The Hall–Kier alpha value is -2.32. The first-order chi connectivity index (χ1) is 14.3. The lowest BCUT2D eigenvalue weighted by Gasteiger charge is -2.51. The molecule has 0 N–H and O–H groups in total. The van der Waals surface area contributed by atoms with Crippen molar-refractivity contribution in [2.45, 2.75) is 48.9 Å². The van der Waals surface area contributed by atoms with Crippen molar-refractivity contribution in [3.63, 3.8) is 0 Å². The van der Waals surface area contributed by atoms with Crippen LogP contribution in [0.15, 0.2) is 16.4 Å². The highest BCUT2D eigenvalue weighted by Gasteiger charge is 2.64. The smallest absolute Gasteiger partial charge is 0.302 e. The third-order valence-electron chi connectivity index (χ3n) is 4.83. The van der Waals surface area contributed by atoms with Gasteiger partial charge in [0.1, 0.15) is 11.2 Å². The van der Waals surface area contributed by atoms with Crippen LogP contribution in [-0.2, 0) is 40.7 Å². The third-order valence-corrected chi connectivity index (χ3v) is 8.99. The number of rotatable bonds is 6. The quantitative estimate of drug-likeness (QED) is 0.394. The van der Waals surface area contributed by atoms with E-state index in [1.807, 2.05) is 0 Å². The number of nitrogens with zero attached hydrogens (tertiary/aromatic N) is 5. The number of thioether (sulfide) groups is 1. The predicted molar refractivity (Wildman–Crippen MR) is 107 cm³/mol. The maximum atomic E-state index is 13.5. The van der Waals surface area contributed by atoms with E-state index < -0.39 is 55.6 Å². The van der Waals surface area contributed by atoms with Crippen LogP contribution in [0.5, 0.6) is 0 Å². The number of tetrazole rings is 1. The van der Waals surface area contributed by atoms with Gasteiger partial charge in [0.25, 0.3) is 5.91 Å². The summed E-state index contributed by atoms with van der Waals surface area (Å²) in [5.41, 5.74) is -1.05. The molecule has 1 unspecified atom stereocenters. The normalized spacial score (nSPS) is 25.2. The van der Waals surface area contributed by atoms with Crippen LogP contribution in [-0.4, -0.2) is 81.0 Å². The highest BCUT2D eigenvalue weighted by Crippen LogP contribution is 2.47. The average Bonchev–Trinajstić information content (AvgIpc) is 3.06. The van der Waals surface area contributed by atoms with Crippen molar-refractivity contribution in [3.8, 4) is 0 Å². The zero-order chi connectivity index (χ0) is 23.3. The molecule has 3 heterocycles. The Morgan fingerprint density at radius 2 is 1.90 bits per heavy atom. The number of hydrogen-bond donors (Lipinski definition) is 0. The number of aromatic nitrogens is 4. The second kappa shape index (κ2) is 7.98. The Balaban J connectivity index is 2.25. The summed E-state index contributed by atoms with van der Waals surface area (Å²) in [6, 6.07) is 0. The molecule has 1 saturated heterocycles. The molecule has 31 heavy (non-hydrogen) atoms. The van der Waals surface area contributed by atoms with Crippen molar-refractivity contribution in [2.75, 3.05) is 13.7 Å². The third kappa shape index (κ3) is 3.87. The van der Waals surface area contributed by atoms with Crippen LogP contribution in [0.2, 0.25) is 0 Å². The maximum Gasteiger partial charge on any atom is 0.302 e. The van der Waals surface area contributed by atoms with Gasteiger partial charge < -0.3 is 9.47 Å². The Bertz CT molecular complexity index is 1070.